The van der Waals surface area contributed by atoms with Crippen molar-refractivity contribution in [3.05, 3.63) is 18.2 Å². The summed E-state index contributed by atoms with van der Waals surface area (Å²) in [6, 6.07) is 0. The fourth-order valence-corrected chi connectivity index (χ4v) is 2.28. The summed E-state index contributed by atoms with van der Waals surface area (Å²) in [6.45, 7) is 6.78. The van der Waals surface area contributed by atoms with Gasteiger partial charge in [0.25, 0.3) is 0 Å². The number of aryl methyl sites for hydroxylation is 1. The topological polar surface area (TPSA) is 29.9 Å². The predicted molar refractivity (Wildman–Crippen MR) is 57.4 cm³/mol. The van der Waals surface area contributed by atoms with Crippen LogP contribution < -0.4 is 5.32 Å². The standard InChI is InChI=1S/C11H19N3/c1-3-10-8-13-9-14(10)11(2)4-6-12-7-5-11/h8-9,12H,3-7H2,1-2H3. The van der Waals surface area contributed by atoms with E-state index < -0.39 is 0 Å². The minimum Gasteiger partial charge on any atom is -0.329 e. The lowest BCUT2D eigenvalue weighted by Crippen LogP contribution is -2.42. The van der Waals surface area contributed by atoms with Crippen molar-refractivity contribution in [3.63, 3.8) is 0 Å². The number of rotatable bonds is 2. The number of hydrogen-bond acceptors (Lipinski definition) is 2. The summed E-state index contributed by atoms with van der Waals surface area (Å²) in [5.41, 5.74) is 1.64. The van der Waals surface area contributed by atoms with Crippen LogP contribution >= 0.6 is 0 Å². The maximum absolute atomic E-state index is 4.26. The van der Waals surface area contributed by atoms with E-state index in [9.17, 15) is 0 Å². The van der Waals surface area contributed by atoms with E-state index in [2.05, 4.69) is 28.7 Å². The first-order valence-corrected chi connectivity index (χ1v) is 5.49. The third-order valence-corrected chi connectivity index (χ3v) is 3.34. The summed E-state index contributed by atoms with van der Waals surface area (Å²) in [5.74, 6) is 0. The van der Waals surface area contributed by atoms with Crippen molar-refractivity contribution in [2.24, 2.45) is 0 Å². The molecule has 1 aliphatic rings. The van der Waals surface area contributed by atoms with Crippen LogP contribution in [0.5, 0.6) is 0 Å². The van der Waals surface area contributed by atoms with E-state index >= 15 is 0 Å². The number of nitrogens with one attached hydrogen (secondary N) is 1. The van der Waals surface area contributed by atoms with Crippen molar-refractivity contribution in [1.29, 1.82) is 0 Å². The molecule has 78 valence electrons. The molecule has 2 rings (SSSR count). The molecule has 1 fully saturated rings. The summed E-state index contributed by atoms with van der Waals surface area (Å²) in [4.78, 5) is 4.26. The number of imidazole rings is 1. The molecule has 0 saturated carbocycles. The van der Waals surface area contributed by atoms with Gasteiger partial charge in [0.05, 0.1) is 6.33 Å². The Labute approximate surface area is 85.5 Å². The van der Waals surface area contributed by atoms with Crippen molar-refractivity contribution < 1.29 is 0 Å². The van der Waals surface area contributed by atoms with Crippen molar-refractivity contribution in [2.75, 3.05) is 13.1 Å². The number of nitrogens with zero attached hydrogens (tertiary/aromatic N) is 2. The average Bonchev–Trinajstić information content (AvgIpc) is 2.67. The Kier molecular flexibility index (Phi) is 2.59. The van der Waals surface area contributed by atoms with Gasteiger partial charge in [-0.3, -0.25) is 0 Å². The van der Waals surface area contributed by atoms with Crippen LogP contribution in [0.4, 0.5) is 0 Å². The van der Waals surface area contributed by atoms with Gasteiger partial charge in [0.2, 0.25) is 0 Å². The first-order valence-electron chi connectivity index (χ1n) is 5.49. The van der Waals surface area contributed by atoms with E-state index in [-0.39, 0.29) is 5.54 Å². The monoisotopic (exact) mass is 193 g/mol. The molecule has 0 spiro atoms. The first-order chi connectivity index (χ1) is 6.76. The highest BCUT2D eigenvalue weighted by Gasteiger charge is 2.29. The molecule has 2 heterocycles. The Hall–Kier alpha value is -0.830. The minimum absolute atomic E-state index is 0.285. The summed E-state index contributed by atoms with van der Waals surface area (Å²) in [7, 11) is 0. The molecule has 0 aliphatic carbocycles. The van der Waals surface area contributed by atoms with Crippen LogP contribution in [0.2, 0.25) is 0 Å². The second-order valence-electron chi connectivity index (χ2n) is 4.36. The zero-order valence-electron chi connectivity index (χ0n) is 9.08. The van der Waals surface area contributed by atoms with Crippen LogP contribution in [0, 0.1) is 0 Å². The highest BCUT2D eigenvalue weighted by Crippen LogP contribution is 2.28. The maximum Gasteiger partial charge on any atom is 0.0953 e. The molecule has 0 amide bonds. The zero-order valence-corrected chi connectivity index (χ0v) is 9.08. The van der Waals surface area contributed by atoms with Gasteiger partial charge in [-0.05, 0) is 39.3 Å². The maximum atomic E-state index is 4.26. The summed E-state index contributed by atoms with van der Waals surface area (Å²) < 4.78 is 2.37. The van der Waals surface area contributed by atoms with Crippen molar-refractivity contribution in [3.8, 4) is 0 Å². The molecule has 1 aromatic heterocycles. The first kappa shape index (κ1) is 9.71. The Morgan fingerprint density at radius 2 is 2.21 bits per heavy atom. The third-order valence-electron chi connectivity index (χ3n) is 3.34. The smallest absolute Gasteiger partial charge is 0.0953 e. The van der Waals surface area contributed by atoms with Crippen LogP contribution in [0.25, 0.3) is 0 Å². The van der Waals surface area contributed by atoms with Crippen molar-refractivity contribution in [1.82, 2.24) is 14.9 Å². The molecule has 1 saturated heterocycles. The lowest BCUT2D eigenvalue weighted by Gasteiger charge is -2.36. The largest absolute Gasteiger partial charge is 0.329 e. The fourth-order valence-electron chi connectivity index (χ4n) is 2.28. The molecule has 0 atom stereocenters. The van der Waals surface area contributed by atoms with E-state index in [0.29, 0.717) is 0 Å². The molecule has 3 nitrogen and oxygen atoms in total. The predicted octanol–water partition coefficient (Wildman–Crippen LogP) is 1.54. The van der Waals surface area contributed by atoms with Gasteiger partial charge in [0.15, 0.2) is 0 Å². The van der Waals surface area contributed by atoms with Gasteiger partial charge < -0.3 is 9.88 Å². The van der Waals surface area contributed by atoms with Crippen LogP contribution in [-0.2, 0) is 12.0 Å². The van der Waals surface area contributed by atoms with Gasteiger partial charge in [0, 0.05) is 17.4 Å². The number of hydrogen-bond donors (Lipinski definition) is 1. The molecule has 1 N–H and O–H groups in total. The average molecular weight is 193 g/mol. The van der Waals surface area contributed by atoms with Crippen LogP contribution in [0.1, 0.15) is 32.4 Å². The van der Waals surface area contributed by atoms with Crippen LogP contribution in [0.3, 0.4) is 0 Å². The minimum atomic E-state index is 0.285. The highest BCUT2D eigenvalue weighted by atomic mass is 15.1. The molecular formula is C11H19N3. The lowest BCUT2D eigenvalue weighted by atomic mass is 9.90. The van der Waals surface area contributed by atoms with Gasteiger partial charge in [-0.25, -0.2) is 4.98 Å². The molecule has 0 aromatic carbocycles. The number of piperidine rings is 1. The quantitative estimate of drug-likeness (QED) is 0.772. The Bertz CT molecular complexity index is 297. The van der Waals surface area contributed by atoms with Gasteiger partial charge in [-0.2, -0.15) is 0 Å². The third kappa shape index (κ3) is 1.57. The van der Waals surface area contributed by atoms with E-state index in [0.717, 1.165) is 19.5 Å². The van der Waals surface area contributed by atoms with Gasteiger partial charge in [-0.15, -0.1) is 0 Å². The highest BCUT2D eigenvalue weighted by molar-refractivity contribution is 5.04. The van der Waals surface area contributed by atoms with E-state index in [1.165, 1.54) is 18.5 Å². The molecule has 0 radical (unpaired) electrons. The second-order valence-corrected chi connectivity index (χ2v) is 4.36. The van der Waals surface area contributed by atoms with Crippen molar-refractivity contribution in [2.45, 2.75) is 38.6 Å². The van der Waals surface area contributed by atoms with E-state index in [1.807, 2.05) is 12.5 Å². The normalized spacial score (nSPS) is 21.0. The zero-order chi connectivity index (χ0) is 10.0. The summed E-state index contributed by atoms with van der Waals surface area (Å²) >= 11 is 0. The molecule has 1 aromatic rings. The van der Waals surface area contributed by atoms with E-state index in [1.54, 1.807) is 0 Å². The molecule has 0 bridgehead atoms. The van der Waals surface area contributed by atoms with Crippen molar-refractivity contribution >= 4 is 0 Å². The van der Waals surface area contributed by atoms with Gasteiger partial charge in [0.1, 0.15) is 0 Å². The fraction of sp³-hybridized carbons (Fsp3) is 0.727. The van der Waals surface area contributed by atoms with Crippen LogP contribution in [0.15, 0.2) is 12.5 Å². The number of aromatic nitrogens is 2. The molecule has 0 unspecified atom stereocenters. The van der Waals surface area contributed by atoms with Gasteiger partial charge in [-0.1, -0.05) is 6.92 Å². The summed E-state index contributed by atoms with van der Waals surface area (Å²) in [6.07, 6.45) is 7.47. The molecule has 1 aliphatic heterocycles. The Morgan fingerprint density at radius 1 is 1.50 bits per heavy atom. The molecule has 14 heavy (non-hydrogen) atoms. The van der Waals surface area contributed by atoms with Crippen LogP contribution in [-0.4, -0.2) is 22.6 Å². The summed E-state index contributed by atoms with van der Waals surface area (Å²) in [5, 5.41) is 3.41. The van der Waals surface area contributed by atoms with Gasteiger partial charge >= 0.3 is 0 Å². The Balaban J connectivity index is 2.27. The Morgan fingerprint density at radius 3 is 2.86 bits per heavy atom. The molecular weight excluding hydrogens is 174 g/mol. The second kappa shape index (κ2) is 3.73. The van der Waals surface area contributed by atoms with E-state index in [4.69, 9.17) is 0 Å². The SMILES string of the molecule is CCc1cncn1C1(C)CCNCC1. The molecule has 3 heteroatoms. The lowest BCUT2D eigenvalue weighted by molar-refractivity contribution is 0.226.